The van der Waals surface area contributed by atoms with Gasteiger partial charge in [-0.15, -0.1) is 0 Å². The van der Waals surface area contributed by atoms with Crippen LogP contribution in [0.3, 0.4) is 0 Å². The van der Waals surface area contributed by atoms with E-state index in [4.69, 9.17) is 9.47 Å². The smallest absolute Gasteiger partial charge is 0.295 e. The van der Waals surface area contributed by atoms with E-state index in [1.165, 1.54) is 50.8 Å². The molecule has 0 saturated heterocycles. The number of rotatable bonds is 9. The summed E-state index contributed by atoms with van der Waals surface area (Å²) in [7, 11) is -1.48. The van der Waals surface area contributed by atoms with Gasteiger partial charge < -0.3 is 19.7 Å². The maximum atomic E-state index is 12.8. The molecule has 0 spiro atoms. The first-order chi connectivity index (χ1) is 16.2. The second-order valence-corrected chi connectivity index (χ2v) is 8.39. The van der Waals surface area contributed by atoms with E-state index in [1.807, 2.05) is 0 Å². The summed E-state index contributed by atoms with van der Waals surface area (Å²) in [6, 6.07) is 12.2. The average molecular weight is 488 g/mol. The van der Waals surface area contributed by atoms with Crippen molar-refractivity contribution in [3.63, 3.8) is 0 Å². The third-order valence-electron chi connectivity index (χ3n) is 4.52. The van der Waals surface area contributed by atoms with Gasteiger partial charge in [-0.25, -0.2) is 8.42 Å². The fourth-order valence-corrected chi connectivity index (χ4v) is 3.97. The van der Waals surface area contributed by atoms with Crippen LogP contribution in [0.5, 0.6) is 23.0 Å². The molecular weight excluding hydrogens is 468 g/mol. The molecule has 3 rings (SSSR count). The van der Waals surface area contributed by atoms with E-state index < -0.39 is 32.1 Å². The molecule has 0 unspecified atom stereocenters. The molecule has 0 aliphatic carbocycles. The number of phenols is 2. The zero-order valence-electron chi connectivity index (χ0n) is 17.9. The Bertz CT molecular complexity index is 1360. The molecule has 13 heteroatoms. The van der Waals surface area contributed by atoms with Crippen molar-refractivity contribution in [3.8, 4) is 23.0 Å². The first-order valence-corrected chi connectivity index (χ1v) is 11.0. The third-order valence-corrected chi connectivity index (χ3v) is 5.89. The van der Waals surface area contributed by atoms with Crippen LogP contribution in [0.2, 0.25) is 0 Å². The number of benzene rings is 3. The Labute approximate surface area is 194 Å². The number of anilines is 2. The number of hydrogen-bond acceptors (Lipinski definition) is 10. The van der Waals surface area contributed by atoms with Gasteiger partial charge in [0.05, 0.1) is 35.9 Å². The van der Waals surface area contributed by atoms with Crippen LogP contribution in [-0.4, -0.2) is 44.0 Å². The van der Waals surface area contributed by atoms with Crippen LogP contribution in [0.1, 0.15) is 5.56 Å². The van der Waals surface area contributed by atoms with Crippen molar-refractivity contribution >= 4 is 33.3 Å². The second-order valence-electron chi connectivity index (χ2n) is 6.70. The SMILES string of the molecule is COc1ccccc1NS(=O)(=O)c1ccc(N/N=C/c2cc(O)c(O)c(OC)c2)c([N+](=O)[O-])c1. The van der Waals surface area contributed by atoms with E-state index in [1.54, 1.807) is 18.2 Å². The van der Waals surface area contributed by atoms with Crippen molar-refractivity contribution in [2.24, 2.45) is 5.10 Å². The van der Waals surface area contributed by atoms with Crippen molar-refractivity contribution in [3.05, 3.63) is 70.3 Å². The lowest BCUT2D eigenvalue weighted by Gasteiger charge is -2.12. The summed E-state index contributed by atoms with van der Waals surface area (Å²) >= 11 is 0. The van der Waals surface area contributed by atoms with Crippen LogP contribution in [0, 0.1) is 10.1 Å². The van der Waals surface area contributed by atoms with E-state index in [2.05, 4.69) is 15.2 Å². The predicted octanol–water partition coefficient (Wildman–Crippen LogP) is 3.27. The van der Waals surface area contributed by atoms with Crippen LogP contribution < -0.4 is 19.6 Å². The Morgan fingerprint density at radius 1 is 1.00 bits per heavy atom. The summed E-state index contributed by atoms with van der Waals surface area (Å²) in [6.45, 7) is 0. The van der Waals surface area contributed by atoms with Gasteiger partial charge in [0.25, 0.3) is 15.7 Å². The van der Waals surface area contributed by atoms with Gasteiger partial charge in [0, 0.05) is 11.6 Å². The molecule has 0 aliphatic heterocycles. The minimum atomic E-state index is -4.16. The zero-order valence-corrected chi connectivity index (χ0v) is 18.7. The van der Waals surface area contributed by atoms with Gasteiger partial charge in [-0.05, 0) is 36.4 Å². The number of methoxy groups -OCH3 is 2. The number of nitrogens with one attached hydrogen (secondary N) is 2. The van der Waals surface area contributed by atoms with E-state index in [9.17, 15) is 28.7 Å². The van der Waals surface area contributed by atoms with Crippen molar-refractivity contribution in [2.75, 3.05) is 24.4 Å². The van der Waals surface area contributed by atoms with Crippen molar-refractivity contribution in [1.82, 2.24) is 0 Å². The summed E-state index contributed by atoms with van der Waals surface area (Å²) in [6.07, 6.45) is 1.22. The summed E-state index contributed by atoms with van der Waals surface area (Å²) in [4.78, 5) is 10.5. The van der Waals surface area contributed by atoms with Crippen LogP contribution in [0.15, 0.2) is 64.6 Å². The molecule has 3 aromatic carbocycles. The van der Waals surface area contributed by atoms with E-state index in [-0.39, 0.29) is 27.8 Å². The van der Waals surface area contributed by atoms with E-state index in [0.29, 0.717) is 5.56 Å². The number of phenolic OH excluding ortho intramolecular Hbond substituents is 2. The van der Waals surface area contributed by atoms with Crippen LogP contribution in [0.25, 0.3) is 0 Å². The molecule has 0 aliphatic rings. The van der Waals surface area contributed by atoms with Gasteiger partial charge in [0.15, 0.2) is 11.5 Å². The monoisotopic (exact) mass is 488 g/mol. The summed E-state index contributed by atoms with van der Waals surface area (Å²) < 4.78 is 38.0. The first-order valence-electron chi connectivity index (χ1n) is 9.49. The lowest BCUT2D eigenvalue weighted by Crippen LogP contribution is -2.14. The molecule has 3 aromatic rings. The number of sulfonamides is 1. The highest BCUT2D eigenvalue weighted by atomic mass is 32.2. The van der Waals surface area contributed by atoms with Crippen molar-refractivity contribution < 1.29 is 33.0 Å². The maximum absolute atomic E-state index is 12.8. The number of nitrogens with zero attached hydrogens (tertiary/aromatic N) is 2. The molecule has 0 fully saturated rings. The van der Waals surface area contributed by atoms with Gasteiger partial charge in [-0.3, -0.25) is 20.3 Å². The summed E-state index contributed by atoms with van der Waals surface area (Å²) in [5, 5.41) is 34.8. The Kier molecular flexibility index (Phi) is 7.06. The average Bonchev–Trinajstić information content (AvgIpc) is 2.81. The molecule has 0 bridgehead atoms. The lowest BCUT2D eigenvalue weighted by atomic mass is 10.2. The largest absolute Gasteiger partial charge is 0.504 e. The minimum absolute atomic E-state index is 0.00420. The number of hydrazone groups is 1. The number of ether oxygens (including phenoxy) is 2. The van der Waals surface area contributed by atoms with Crippen molar-refractivity contribution in [2.45, 2.75) is 4.90 Å². The van der Waals surface area contributed by atoms with E-state index in [0.717, 1.165) is 6.07 Å². The third kappa shape index (κ3) is 5.27. The molecular formula is C21H20N4O8S. The zero-order chi connectivity index (χ0) is 24.9. The number of para-hydroxylation sites is 2. The Hall–Kier alpha value is -4.52. The molecule has 0 saturated carbocycles. The molecule has 0 heterocycles. The van der Waals surface area contributed by atoms with Gasteiger partial charge in [-0.2, -0.15) is 5.10 Å². The van der Waals surface area contributed by atoms with Crippen LogP contribution in [0.4, 0.5) is 17.1 Å². The normalized spacial score (nSPS) is 11.2. The highest BCUT2D eigenvalue weighted by molar-refractivity contribution is 7.92. The molecule has 0 atom stereocenters. The number of nitro benzene ring substituents is 1. The highest BCUT2D eigenvalue weighted by Crippen LogP contribution is 2.36. The van der Waals surface area contributed by atoms with Crippen LogP contribution >= 0.6 is 0 Å². The molecule has 12 nitrogen and oxygen atoms in total. The van der Waals surface area contributed by atoms with Crippen LogP contribution in [-0.2, 0) is 10.0 Å². The quantitative estimate of drug-likeness (QED) is 0.153. The second kappa shape index (κ2) is 9.95. The van der Waals surface area contributed by atoms with E-state index >= 15 is 0 Å². The minimum Gasteiger partial charge on any atom is -0.504 e. The predicted molar refractivity (Wildman–Crippen MR) is 124 cm³/mol. The van der Waals surface area contributed by atoms with Crippen molar-refractivity contribution in [1.29, 1.82) is 0 Å². The molecule has 4 N–H and O–H groups in total. The molecule has 0 radical (unpaired) electrons. The number of hydrogen-bond donors (Lipinski definition) is 4. The number of nitro groups is 1. The highest BCUT2D eigenvalue weighted by Gasteiger charge is 2.22. The van der Waals surface area contributed by atoms with Gasteiger partial charge in [0.1, 0.15) is 11.4 Å². The molecule has 0 aromatic heterocycles. The standard InChI is InChI=1S/C21H20N4O8S/c1-32-19-6-4-3-5-16(19)24-34(30,31)14-7-8-15(17(11-14)25(28)29)23-22-12-13-9-18(26)21(27)20(10-13)33-2/h3-12,23-24,26-27H,1-2H3/b22-12+. The molecule has 178 valence electrons. The van der Waals surface area contributed by atoms with Gasteiger partial charge in [-0.1, -0.05) is 12.1 Å². The Morgan fingerprint density at radius 2 is 1.71 bits per heavy atom. The summed E-state index contributed by atoms with van der Waals surface area (Å²) in [5.74, 6) is -0.597. The van der Waals surface area contributed by atoms with Gasteiger partial charge >= 0.3 is 0 Å². The maximum Gasteiger partial charge on any atom is 0.295 e. The number of aromatic hydroxyl groups is 2. The molecule has 34 heavy (non-hydrogen) atoms. The fraction of sp³-hybridized carbons (Fsp3) is 0.0952. The topological polar surface area (TPSA) is 173 Å². The first kappa shape index (κ1) is 24.1. The van der Waals surface area contributed by atoms with Gasteiger partial charge in [0.2, 0.25) is 5.75 Å². The molecule has 0 amide bonds. The lowest BCUT2D eigenvalue weighted by molar-refractivity contribution is -0.384. The Morgan fingerprint density at radius 3 is 2.38 bits per heavy atom. The fourth-order valence-electron chi connectivity index (χ4n) is 2.88. The summed E-state index contributed by atoms with van der Waals surface area (Å²) in [5.41, 5.74) is 2.35. The Balaban J connectivity index is 1.87.